The van der Waals surface area contributed by atoms with Crippen LogP contribution in [0.15, 0.2) is 10.5 Å². The van der Waals surface area contributed by atoms with Crippen LogP contribution in [0.1, 0.15) is 44.8 Å². The number of ether oxygens (including phenoxy) is 2. The van der Waals surface area contributed by atoms with Crippen molar-refractivity contribution in [1.29, 1.82) is 0 Å². The van der Waals surface area contributed by atoms with E-state index in [-0.39, 0.29) is 6.10 Å². The zero-order valence-electron chi connectivity index (χ0n) is 12.8. The first kappa shape index (κ1) is 16.2. The van der Waals surface area contributed by atoms with Crippen molar-refractivity contribution < 1.29 is 13.9 Å². The van der Waals surface area contributed by atoms with E-state index in [0.717, 1.165) is 30.2 Å². The van der Waals surface area contributed by atoms with Crippen LogP contribution in [0.25, 0.3) is 0 Å². The second-order valence-corrected chi connectivity index (χ2v) is 5.11. The van der Waals surface area contributed by atoms with E-state index in [1.807, 2.05) is 20.8 Å². The molecule has 0 saturated carbocycles. The summed E-state index contributed by atoms with van der Waals surface area (Å²) in [5.41, 5.74) is 1.11. The van der Waals surface area contributed by atoms with Gasteiger partial charge in [0.1, 0.15) is 11.5 Å². The third kappa shape index (κ3) is 6.23. The molecule has 1 N–H and O–H groups in total. The molecule has 19 heavy (non-hydrogen) atoms. The minimum Gasteiger partial charge on any atom is -0.465 e. The molecule has 1 heterocycles. The van der Waals surface area contributed by atoms with Gasteiger partial charge in [-0.25, -0.2) is 0 Å². The van der Waals surface area contributed by atoms with Crippen LogP contribution < -0.4 is 5.32 Å². The molecule has 1 aromatic heterocycles. The van der Waals surface area contributed by atoms with E-state index in [1.165, 1.54) is 0 Å². The molecule has 1 rings (SSSR count). The molecule has 0 aromatic carbocycles. The molecule has 1 atom stereocenters. The number of furan rings is 1. The fraction of sp³-hybridized carbons (Fsp3) is 0.733. The highest BCUT2D eigenvalue weighted by atomic mass is 16.5. The lowest BCUT2D eigenvalue weighted by atomic mass is 10.2. The molecule has 4 heteroatoms. The van der Waals surface area contributed by atoms with Crippen LogP contribution in [-0.2, 0) is 22.6 Å². The Bertz CT molecular complexity index is 360. The van der Waals surface area contributed by atoms with Crippen LogP contribution in [0, 0.1) is 6.92 Å². The zero-order chi connectivity index (χ0) is 14.3. The predicted molar refractivity (Wildman–Crippen MR) is 76.2 cm³/mol. The second kappa shape index (κ2) is 8.35. The summed E-state index contributed by atoms with van der Waals surface area (Å²) >= 11 is 0. The number of rotatable bonds is 9. The molecule has 1 unspecified atom stereocenters. The minimum atomic E-state index is 0.103. The average molecular weight is 269 g/mol. The van der Waals surface area contributed by atoms with Gasteiger partial charge in [-0.3, -0.25) is 0 Å². The smallest absolute Gasteiger partial charge is 0.118 e. The maximum atomic E-state index is 5.74. The summed E-state index contributed by atoms with van der Waals surface area (Å²) in [6.45, 7) is 12.9. The number of hydrogen-bond donors (Lipinski definition) is 1. The first-order chi connectivity index (χ1) is 9.02. The van der Waals surface area contributed by atoms with Crippen molar-refractivity contribution in [1.82, 2.24) is 5.32 Å². The minimum absolute atomic E-state index is 0.103. The molecule has 4 nitrogen and oxygen atoms in total. The Morgan fingerprint density at radius 3 is 2.68 bits per heavy atom. The summed E-state index contributed by atoms with van der Waals surface area (Å²) in [7, 11) is 0. The molecular weight excluding hydrogens is 242 g/mol. The Morgan fingerprint density at radius 2 is 2.05 bits per heavy atom. The van der Waals surface area contributed by atoms with Crippen molar-refractivity contribution in [2.24, 2.45) is 0 Å². The fourth-order valence-electron chi connectivity index (χ4n) is 1.69. The van der Waals surface area contributed by atoms with Crippen molar-refractivity contribution in [2.45, 2.75) is 59.9 Å². The largest absolute Gasteiger partial charge is 0.465 e. The fourth-order valence-corrected chi connectivity index (χ4v) is 1.69. The Balaban J connectivity index is 2.41. The molecule has 1 aromatic rings. The number of nitrogens with one attached hydrogen (secondary N) is 1. The molecule has 110 valence electrons. The summed E-state index contributed by atoms with van der Waals surface area (Å²) in [4.78, 5) is 0. The Kier molecular flexibility index (Phi) is 7.13. The zero-order valence-corrected chi connectivity index (χ0v) is 12.8. The molecule has 0 amide bonds. The van der Waals surface area contributed by atoms with E-state index in [9.17, 15) is 0 Å². The molecule has 0 aliphatic heterocycles. The third-order valence-electron chi connectivity index (χ3n) is 2.84. The topological polar surface area (TPSA) is 43.6 Å². The Morgan fingerprint density at radius 1 is 1.32 bits per heavy atom. The second-order valence-electron chi connectivity index (χ2n) is 5.11. The lowest BCUT2D eigenvalue weighted by Crippen LogP contribution is -2.21. The maximum Gasteiger partial charge on any atom is 0.118 e. The lowest BCUT2D eigenvalue weighted by molar-refractivity contribution is -0.0120. The van der Waals surface area contributed by atoms with Crippen LogP contribution >= 0.6 is 0 Å². The van der Waals surface area contributed by atoms with Crippen molar-refractivity contribution >= 4 is 0 Å². The lowest BCUT2D eigenvalue weighted by Gasteiger charge is -2.12. The quantitative estimate of drug-likeness (QED) is 0.748. The summed E-state index contributed by atoms with van der Waals surface area (Å²) in [6, 6.07) is 2.52. The normalized spacial score (nSPS) is 13.2. The molecule has 0 saturated heterocycles. The van der Waals surface area contributed by atoms with Gasteiger partial charge >= 0.3 is 0 Å². The predicted octanol–water partition coefficient (Wildman–Crippen LogP) is 3.03. The van der Waals surface area contributed by atoms with Gasteiger partial charge in [-0.15, -0.1) is 0 Å². The molecule has 0 aliphatic rings. The molecule has 0 radical (unpaired) electrons. The van der Waals surface area contributed by atoms with Crippen molar-refractivity contribution in [3.63, 3.8) is 0 Å². The van der Waals surface area contributed by atoms with Gasteiger partial charge in [0.05, 0.1) is 25.9 Å². The molecular formula is C15H27NO3. The van der Waals surface area contributed by atoms with Gasteiger partial charge in [0.2, 0.25) is 0 Å². The molecule has 0 spiro atoms. The van der Waals surface area contributed by atoms with Gasteiger partial charge in [-0.1, -0.05) is 13.8 Å². The van der Waals surface area contributed by atoms with E-state index >= 15 is 0 Å². The van der Waals surface area contributed by atoms with Crippen molar-refractivity contribution in [3.8, 4) is 0 Å². The van der Waals surface area contributed by atoms with Gasteiger partial charge in [0, 0.05) is 18.2 Å². The van der Waals surface area contributed by atoms with Crippen LogP contribution in [0.2, 0.25) is 0 Å². The number of hydrogen-bond acceptors (Lipinski definition) is 4. The molecule has 0 bridgehead atoms. The van der Waals surface area contributed by atoms with Crippen LogP contribution in [0.5, 0.6) is 0 Å². The van der Waals surface area contributed by atoms with Gasteiger partial charge in [-0.05, 0) is 26.8 Å². The summed E-state index contributed by atoms with van der Waals surface area (Å²) < 4.78 is 16.8. The third-order valence-corrected chi connectivity index (χ3v) is 2.84. The Hall–Kier alpha value is -0.840. The molecule has 0 aliphatic carbocycles. The highest BCUT2D eigenvalue weighted by Gasteiger charge is 2.10. The van der Waals surface area contributed by atoms with Gasteiger partial charge in [0.25, 0.3) is 0 Å². The van der Waals surface area contributed by atoms with Gasteiger partial charge in [-0.2, -0.15) is 0 Å². The Labute approximate surface area is 116 Å². The van der Waals surface area contributed by atoms with E-state index in [1.54, 1.807) is 0 Å². The van der Waals surface area contributed by atoms with Crippen LogP contribution in [0.3, 0.4) is 0 Å². The summed E-state index contributed by atoms with van der Waals surface area (Å²) in [5, 5.41) is 3.34. The van der Waals surface area contributed by atoms with Crippen LogP contribution in [0.4, 0.5) is 0 Å². The van der Waals surface area contributed by atoms with E-state index in [0.29, 0.717) is 19.3 Å². The highest BCUT2D eigenvalue weighted by molar-refractivity contribution is 5.20. The summed E-state index contributed by atoms with van der Waals surface area (Å²) in [6.07, 6.45) is 0.103. The van der Waals surface area contributed by atoms with E-state index in [2.05, 4.69) is 25.2 Å². The van der Waals surface area contributed by atoms with Gasteiger partial charge < -0.3 is 19.2 Å². The van der Waals surface area contributed by atoms with E-state index in [4.69, 9.17) is 13.9 Å². The van der Waals surface area contributed by atoms with Gasteiger partial charge in [0.15, 0.2) is 0 Å². The highest BCUT2D eigenvalue weighted by Crippen LogP contribution is 2.16. The monoisotopic (exact) mass is 269 g/mol. The standard InChI is InChI=1S/C15H27NO3/c1-6-17-9-12(4)18-10-14-7-15(19-13(14)5)8-16-11(2)3/h7,11-12,16H,6,8-10H2,1-5H3. The van der Waals surface area contributed by atoms with Crippen molar-refractivity contribution in [3.05, 3.63) is 23.2 Å². The first-order valence-corrected chi connectivity index (χ1v) is 7.03. The number of aryl methyl sites for hydroxylation is 1. The maximum absolute atomic E-state index is 5.74. The SMILES string of the molecule is CCOCC(C)OCc1cc(CNC(C)C)oc1C. The average Bonchev–Trinajstić information content (AvgIpc) is 2.72. The first-order valence-electron chi connectivity index (χ1n) is 7.03. The van der Waals surface area contributed by atoms with Crippen molar-refractivity contribution in [2.75, 3.05) is 13.2 Å². The molecule has 0 fully saturated rings. The van der Waals surface area contributed by atoms with E-state index < -0.39 is 0 Å². The summed E-state index contributed by atoms with van der Waals surface area (Å²) in [5.74, 6) is 1.89. The van der Waals surface area contributed by atoms with Crippen LogP contribution in [-0.4, -0.2) is 25.4 Å².